The number of imidazole rings is 1. The normalized spacial score (nSPS) is 14.6. The van der Waals surface area contributed by atoms with E-state index in [0.717, 1.165) is 47.5 Å². The third kappa shape index (κ3) is 2.58. The molecule has 1 aliphatic rings. The van der Waals surface area contributed by atoms with Crippen molar-refractivity contribution < 1.29 is 4.79 Å². The number of benzene rings is 1. The van der Waals surface area contributed by atoms with E-state index in [1.54, 1.807) is 0 Å². The third-order valence-corrected chi connectivity index (χ3v) is 4.82. The summed E-state index contributed by atoms with van der Waals surface area (Å²) < 4.78 is 1.97. The van der Waals surface area contributed by atoms with Crippen molar-refractivity contribution in [1.29, 1.82) is 0 Å². The predicted molar refractivity (Wildman–Crippen MR) is 96.1 cm³/mol. The fraction of sp³-hybridized carbons (Fsp3) is 0.300. The lowest BCUT2D eigenvalue weighted by Gasteiger charge is -2.24. The standard InChI is InChI=1S/C20H21N3O/c1-13-6-8-15(9-7-13)18-19(22-20(24)16-4-3-5-16)23-11-10-14(2)12-17(23)21-18/h6-12,16H,3-5H2,1-2H3,(H,22,24). The van der Waals surface area contributed by atoms with Crippen LogP contribution in [0.1, 0.15) is 30.4 Å². The molecule has 0 saturated heterocycles. The first-order valence-electron chi connectivity index (χ1n) is 8.48. The van der Waals surface area contributed by atoms with Gasteiger partial charge in [-0.05, 0) is 44.4 Å². The molecule has 0 radical (unpaired) electrons. The number of fused-ring (bicyclic) bond motifs is 1. The summed E-state index contributed by atoms with van der Waals surface area (Å²) in [5.41, 5.74) is 5.06. The van der Waals surface area contributed by atoms with Gasteiger partial charge in [0.1, 0.15) is 17.2 Å². The molecular formula is C20H21N3O. The fourth-order valence-corrected chi connectivity index (χ4v) is 3.07. The number of carbonyl (C=O) groups is 1. The van der Waals surface area contributed by atoms with E-state index in [0.29, 0.717) is 0 Å². The Bertz CT molecular complexity index is 905. The van der Waals surface area contributed by atoms with E-state index < -0.39 is 0 Å². The largest absolute Gasteiger partial charge is 0.310 e. The van der Waals surface area contributed by atoms with E-state index in [1.807, 2.05) is 29.7 Å². The van der Waals surface area contributed by atoms with Gasteiger partial charge in [0, 0.05) is 17.7 Å². The zero-order valence-electron chi connectivity index (χ0n) is 14.0. The predicted octanol–water partition coefficient (Wildman–Crippen LogP) is 4.36. The van der Waals surface area contributed by atoms with E-state index in [4.69, 9.17) is 4.98 Å². The summed E-state index contributed by atoms with van der Waals surface area (Å²) in [4.78, 5) is 17.3. The van der Waals surface area contributed by atoms with Gasteiger partial charge in [-0.3, -0.25) is 9.20 Å². The quantitative estimate of drug-likeness (QED) is 0.780. The molecule has 122 valence electrons. The third-order valence-electron chi connectivity index (χ3n) is 4.82. The molecule has 1 N–H and O–H groups in total. The number of anilines is 1. The molecule has 1 fully saturated rings. The maximum Gasteiger partial charge on any atom is 0.228 e. The van der Waals surface area contributed by atoms with E-state index in [-0.39, 0.29) is 11.8 Å². The van der Waals surface area contributed by atoms with Gasteiger partial charge in [0.05, 0.1) is 0 Å². The molecule has 2 aromatic heterocycles. The first-order chi connectivity index (χ1) is 11.6. The molecule has 0 atom stereocenters. The zero-order valence-corrected chi connectivity index (χ0v) is 14.0. The molecule has 4 heteroatoms. The van der Waals surface area contributed by atoms with Crippen LogP contribution in [0.3, 0.4) is 0 Å². The van der Waals surface area contributed by atoms with Gasteiger partial charge in [0.2, 0.25) is 5.91 Å². The number of pyridine rings is 1. The van der Waals surface area contributed by atoms with Crippen LogP contribution in [0.2, 0.25) is 0 Å². The Labute approximate surface area is 141 Å². The minimum Gasteiger partial charge on any atom is -0.310 e. The molecule has 4 rings (SSSR count). The Morgan fingerprint density at radius 1 is 1.12 bits per heavy atom. The van der Waals surface area contributed by atoms with Gasteiger partial charge in [-0.25, -0.2) is 4.98 Å². The Balaban J connectivity index is 1.82. The second-order valence-corrected chi connectivity index (χ2v) is 6.72. The SMILES string of the molecule is Cc1ccc(-c2nc3cc(C)ccn3c2NC(=O)C2CCC2)cc1. The molecule has 4 nitrogen and oxygen atoms in total. The van der Waals surface area contributed by atoms with Crippen molar-refractivity contribution in [2.24, 2.45) is 5.92 Å². The maximum atomic E-state index is 12.5. The molecule has 1 aromatic carbocycles. The van der Waals surface area contributed by atoms with Crippen molar-refractivity contribution in [1.82, 2.24) is 9.38 Å². The number of carbonyl (C=O) groups excluding carboxylic acids is 1. The molecule has 0 spiro atoms. The van der Waals surface area contributed by atoms with Crippen molar-refractivity contribution in [2.45, 2.75) is 33.1 Å². The van der Waals surface area contributed by atoms with Crippen LogP contribution in [-0.4, -0.2) is 15.3 Å². The lowest BCUT2D eigenvalue weighted by atomic mass is 9.85. The summed E-state index contributed by atoms with van der Waals surface area (Å²) in [5.74, 6) is 1.02. The van der Waals surface area contributed by atoms with Crippen LogP contribution >= 0.6 is 0 Å². The van der Waals surface area contributed by atoms with Gasteiger partial charge in [0.25, 0.3) is 0 Å². The lowest BCUT2D eigenvalue weighted by Crippen LogP contribution is -2.28. The highest BCUT2D eigenvalue weighted by atomic mass is 16.2. The average Bonchev–Trinajstić information content (AvgIpc) is 2.84. The molecule has 0 bridgehead atoms. The highest BCUT2D eigenvalue weighted by Crippen LogP contribution is 2.32. The second-order valence-electron chi connectivity index (χ2n) is 6.72. The Hall–Kier alpha value is -2.62. The number of nitrogens with one attached hydrogen (secondary N) is 1. The number of hydrogen-bond acceptors (Lipinski definition) is 2. The first kappa shape index (κ1) is 14.9. The minimum absolute atomic E-state index is 0.108. The van der Waals surface area contributed by atoms with E-state index in [1.165, 1.54) is 5.56 Å². The summed E-state index contributed by atoms with van der Waals surface area (Å²) in [5, 5.41) is 3.13. The molecule has 0 aliphatic heterocycles. The molecular weight excluding hydrogens is 298 g/mol. The van der Waals surface area contributed by atoms with Gasteiger partial charge >= 0.3 is 0 Å². The van der Waals surface area contributed by atoms with E-state index in [2.05, 4.69) is 36.5 Å². The highest BCUT2D eigenvalue weighted by Gasteiger charge is 2.27. The molecule has 3 aromatic rings. The van der Waals surface area contributed by atoms with Gasteiger partial charge in [0.15, 0.2) is 0 Å². The van der Waals surface area contributed by atoms with Crippen molar-refractivity contribution in [2.75, 3.05) is 5.32 Å². The monoisotopic (exact) mass is 319 g/mol. The highest BCUT2D eigenvalue weighted by molar-refractivity contribution is 5.96. The van der Waals surface area contributed by atoms with E-state index in [9.17, 15) is 4.79 Å². The van der Waals surface area contributed by atoms with Gasteiger partial charge in [-0.2, -0.15) is 0 Å². The number of aromatic nitrogens is 2. The maximum absolute atomic E-state index is 12.5. The van der Waals surface area contributed by atoms with Crippen LogP contribution in [0, 0.1) is 19.8 Å². The van der Waals surface area contributed by atoms with Crippen LogP contribution in [0.15, 0.2) is 42.6 Å². The molecule has 24 heavy (non-hydrogen) atoms. The fourth-order valence-electron chi connectivity index (χ4n) is 3.07. The molecule has 1 aliphatic carbocycles. The summed E-state index contributed by atoms with van der Waals surface area (Å²) in [6.45, 7) is 4.11. The summed E-state index contributed by atoms with van der Waals surface area (Å²) in [6, 6.07) is 12.3. The Morgan fingerprint density at radius 2 is 1.88 bits per heavy atom. The number of amides is 1. The number of hydrogen-bond donors (Lipinski definition) is 1. The van der Waals surface area contributed by atoms with Gasteiger partial charge < -0.3 is 5.32 Å². The van der Waals surface area contributed by atoms with Crippen molar-refractivity contribution in [3.05, 3.63) is 53.7 Å². The summed E-state index contributed by atoms with van der Waals surface area (Å²) in [6.07, 6.45) is 5.10. The van der Waals surface area contributed by atoms with Crippen molar-refractivity contribution >= 4 is 17.4 Å². The van der Waals surface area contributed by atoms with Crippen LogP contribution in [0.5, 0.6) is 0 Å². The smallest absolute Gasteiger partial charge is 0.228 e. The average molecular weight is 319 g/mol. The van der Waals surface area contributed by atoms with Crippen LogP contribution < -0.4 is 5.32 Å². The van der Waals surface area contributed by atoms with Crippen LogP contribution in [0.25, 0.3) is 16.9 Å². The number of nitrogens with zero attached hydrogens (tertiary/aromatic N) is 2. The molecule has 0 unspecified atom stereocenters. The summed E-state index contributed by atoms with van der Waals surface area (Å²) >= 11 is 0. The van der Waals surface area contributed by atoms with Crippen LogP contribution in [-0.2, 0) is 4.79 Å². The van der Waals surface area contributed by atoms with Gasteiger partial charge in [-0.1, -0.05) is 36.2 Å². The first-order valence-corrected chi connectivity index (χ1v) is 8.48. The topological polar surface area (TPSA) is 46.4 Å². The van der Waals surface area contributed by atoms with E-state index >= 15 is 0 Å². The zero-order chi connectivity index (χ0) is 16.7. The number of rotatable bonds is 3. The van der Waals surface area contributed by atoms with Crippen molar-refractivity contribution in [3.63, 3.8) is 0 Å². The molecule has 1 amide bonds. The molecule has 2 heterocycles. The van der Waals surface area contributed by atoms with Crippen molar-refractivity contribution in [3.8, 4) is 11.3 Å². The lowest BCUT2D eigenvalue weighted by molar-refractivity contribution is -0.122. The van der Waals surface area contributed by atoms with Crippen LogP contribution in [0.4, 0.5) is 5.82 Å². The second kappa shape index (κ2) is 5.78. The molecule has 1 saturated carbocycles. The minimum atomic E-state index is 0.108. The number of aryl methyl sites for hydroxylation is 2. The Kier molecular flexibility index (Phi) is 3.60. The van der Waals surface area contributed by atoms with Gasteiger partial charge in [-0.15, -0.1) is 0 Å². The Morgan fingerprint density at radius 3 is 2.54 bits per heavy atom. The summed E-state index contributed by atoms with van der Waals surface area (Å²) in [7, 11) is 0.